The lowest BCUT2D eigenvalue weighted by atomic mass is 8.98. The van der Waals surface area contributed by atoms with Crippen LogP contribution in [0.25, 0.3) is 0 Å². The highest BCUT2D eigenvalue weighted by Gasteiger charge is 3.09. The monoisotopic (exact) mass is 189 g/mol. The van der Waals surface area contributed by atoms with Crippen LogP contribution in [0.4, 0.5) is 0 Å². The Bertz CT molecular complexity index is 217. The van der Waals surface area contributed by atoms with Crippen LogP contribution in [0.15, 0.2) is 0 Å². The third kappa shape index (κ3) is 0.210. The van der Waals surface area contributed by atoms with E-state index >= 15 is 0 Å². The summed E-state index contributed by atoms with van der Waals surface area (Å²) >= 11 is 6.39. The maximum absolute atomic E-state index is 6.39. The zero-order valence-electron chi connectivity index (χ0n) is 5.83. The molecule has 6 saturated carbocycles. The molecule has 0 aliphatic heterocycles. The molecule has 0 saturated heterocycles. The van der Waals surface area contributed by atoms with Crippen molar-refractivity contribution in [1.29, 1.82) is 0 Å². The highest BCUT2D eigenvalue weighted by molar-refractivity contribution is 6.28. The van der Waals surface area contributed by atoms with Crippen LogP contribution < -0.4 is 5.73 Å². The fraction of sp³-hybridized carbons (Fsp3) is 1.00. The first-order valence-electron chi connectivity index (χ1n) is 4.21. The number of alkyl halides is 1. The van der Waals surface area contributed by atoms with Crippen molar-refractivity contribution in [2.24, 2.45) is 41.2 Å². The van der Waals surface area contributed by atoms with E-state index in [0.717, 1.165) is 35.5 Å². The van der Waals surface area contributed by atoms with E-state index < -0.39 is 0 Å². The molecule has 1 nitrogen and oxygen atoms in total. The molecule has 0 aromatic heterocycles. The first-order chi connectivity index (χ1) is 4.73. The molecule has 0 atom stereocenters. The second-order valence-corrected chi connectivity index (χ2v) is 5.64. The standard InChI is InChI=1S/C8H8ClN.ClH/c9-7-1-4-2(7)6-3(7)5(1)8(4,6)10;/h1-6H,10H2;1H. The molecule has 11 heavy (non-hydrogen) atoms. The van der Waals surface area contributed by atoms with Crippen LogP contribution in [0.5, 0.6) is 0 Å². The maximum Gasteiger partial charge on any atom is 0.0551 e. The van der Waals surface area contributed by atoms with Crippen LogP contribution in [0.2, 0.25) is 0 Å². The number of halogens is 2. The smallest absolute Gasteiger partial charge is 0.0551 e. The van der Waals surface area contributed by atoms with Crippen LogP contribution in [-0.2, 0) is 0 Å². The van der Waals surface area contributed by atoms with Crippen LogP contribution in [-0.4, -0.2) is 10.4 Å². The number of hydrogen-bond donors (Lipinski definition) is 1. The van der Waals surface area contributed by atoms with Gasteiger partial charge in [0.1, 0.15) is 0 Å². The Balaban J connectivity index is 0.000000392. The normalized spacial score (nSPS) is 94.4. The fourth-order valence-electron chi connectivity index (χ4n) is 5.48. The lowest BCUT2D eigenvalue weighted by Crippen LogP contribution is -3.16. The molecular formula is C8H9Cl2N. The van der Waals surface area contributed by atoms with E-state index in [1.165, 1.54) is 0 Å². The minimum absolute atomic E-state index is 0. The van der Waals surface area contributed by atoms with E-state index in [4.69, 9.17) is 17.3 Å². The molecule has 0 amide bonds. The van der Waals surface area contributed by atoms with Crippen LogP contribution in [0.1, 0.15) is 0 Å². The van der Waals surface area contributed by atoms with Crippen molar-refractivity contribution in [1.82, 2.24) is 0 Å². The minimum Gasteiger partial charge on any atom is -0.324 e. The Morgan fingerprint density at radius 3 is 1.55 bits per heavy atom. The zero-order valence-corrected chi connectivity index (χ0v) is 7.40. The summed E-state index contributed by atoms with van der Waals surface area (Å²) in [4.78, 5) is 0.334. The SMILES string of the molecule is Cl.NC12C3C4C1C1C2C3C41Cl. The van der Waals surface area contributed by atoms with Crippen LogP contribution in [0.3, 0.4) is 0 Å². The van der Waals surface area contributed by atoms with Gasteiger partial charge in [0.25, 0.3) is 0 Å². The predicted octanol–water partition coefficient (Wildman–Crippen LogP) is 0.849. The molecule has 2 N–H and O–H groups in total. The molecule has 0 spiro atoms. The molecule has 6 aliphatic carbocycles. The van der Waals surface area contributed by atoms with Crippen molar-refractivity contribution < 1.29 is 0 Å². The lowest BCUT2D eigenvalue weighted by Gasteiger charge is -3.09. The van der Waals surface area contributed by atoms with Gasteiger partial charge in [-0.25, -0.2) is 0 Å². The summed E-state index contributed by atoms with van der Waals surface area (Å²) < 4.78 is 0. The Hall–Kier alpha value is 0.540. The first kappa shape index (κ1) is 6.06. The number of hydrogen-bond acceptors (Lipinski definition) is 1. The van der Waals surface area contributed by atoms with Crippen LogP contribution in [0, 0.1) is 35.5 Å². The molecule has 0 aromatic rings. The fourth-order valence-corrected chi connectivity index (χ4v) is 6.29. The van der Waals surface area contributed by atoms with Crippen molar-refractivity contribution in [3.05, 3.63) is 0 Å². The van der Waals surface area contributed by atoms with Crippen molar-refractivity contribution in [2.45, 2.75) is 10.4 Å². The highest BCUT2D eigenvalue weighted by Crippen LogP contribution is 3.04. The Morgan fingerprint density at radius 2 is 1.27 bits per heavy atom. The molecule has 3 heteroatoms. The summed E-state index contributed by atoms with van der Waals surface area (Å²) in [6.07, 6.45) is 0. The van der Waals surface area contributed by atoms with E-state index in [0.29, 0.717) is 10.4 Å². The minimum atomic E-state index is 0. The summed E-state index contributed by atoms with van der Waals surface area (Å²) in [5.41, 5.74) is 6.54. The van der Waals surface area contributed by atoms with E-state index in [1.807, 2.05) is 0 Å². The van der Waals surface area contributed by atoms with Crippen LogP contribution >= 0.6 is 24.0 Å². The van der Waals surface area contributed by atoms with Crippen molar-refractivity contribution in [3.63, 3.8) is 0 Å². The summed E-state index contributed by atoms with van der Waals surface area (Å²) in [6.45, 7) is 0. The van der Waals surface area contributed by atoms with E-state index in [9.17, 15) is 0 Å². The molecule has 6 aliphatic rings. The molecule has 0 bridgehead atoms. The van der Waals surface area contributed by atoms with Gasteiger partial charge >= 0.3 is 0 Å². The second kappa shape index (κ2) is 1.03. The summed E-state index contributed by atoms with van der Waals surface area (Å²) in [6, 6.07) is 0. The van der Waals surface area contributed by atoms with E-state index in [-0.39, 0.29) is 12.4 Å². The quantitative estimate of drug-likeness (QED) is 0.563. The van der Waals surface area contributed by atoms with Gasteiger partial charge in [-0.2, -0.15) is 0 Å². The summed E-state index contributed by atoms with van der Waals surface area (Å²) in [7, 11) is 0. The number of nitrogens with two attached hydrogens (primary N) is 1. The van der Waals surface area contributed by atoms with Gasteiger partial charge in [-0.15, -0.1) is 24.0 Å². The first-order valence-corrected chi connectivity index (χ1v) is 4.59. The van der Waals surface area contributed by atoms with Gasteiger partial charge in [-0.3, -0.25) is 0 Å². The van der Waals surface area contributed by atoms with E-state index in [1.54, 1.807) is 0 Å². The molecule has 0 aromatic carbocycles. The van der Waals surface area contributed by atoms with Crippen molar-refractivity contribution >= 4 is 24.0 Å². The Morgan fingerprint density at radius 1 is 0.909 bits per heavy atom. The van der Waals surface area contributed by atoms with Crippen molar-refractivity contribution in [3.8, 4) is 0 Å². The second-order valence-electron chi connectivity index (χ2n) is 4.98. The molecule has 0 unspecified atom stereocenters. The highest BCUT2D eigenvalue weighted by atomic mass is 35.5. The van der Waals surface area contributed by atoms with Gasteiger partial charge in [0.05, 0.1) is 4.87 Å². The van der Waals surface area contributed by atoms with Gasteiger partial charge in [-0.05, 0) is 35.5 Å². The third-order valence-corrected chi connectivity index (χ3v) is 6.34. The van der Waals surface area contributed by atoms with Crippen molar-refractivity contribution in [2.75, 3.05) is 0 Å². The Labute approximate surface area is 76.1 Å². The van der Waals surface area contributed by atoms with Gasteiger partial charge in [-0.1, -0.05) is 0 Å². The molecule has 60 valence electrons. The Kier molecular flexibility index (Phi) is 0.567. The third-order valence-electron chi connectivity index (χ3n) is 5.59. The van der Waals surface area contributed by atoms with Gasteiger partial charge in [0.2, 0.25) is 0 Å². The van der Waals surface area contributed by atoms with Gasteiger partial charge in [0, 0.05) is 5.54 Å². The molecule has 0 heterocycles. The largest absolute Gasteiger partial charge is 0.324 e. The molecular weight excluding hydrogens is 181 g/mol. The predicted molar refractivity (Wildman–Crippen MR) is 43.7 cm³/mol. The zero-order chi connectivity index (χ0) is 6.46. The summed E-state index contributed by atoms with van der Waals surface area (Å²) in [5, 5.41) is 0. The van der Waals surface area contributed by atoms with E-state index in [2.05, 4.69) is 0 Å². The average Bonchev–Trinajstić information content (AvgIpc) is 1.99. The molecule has 0 radical (unpaired) electrons. The number of rotatable bonds is 0. The van der Waals surface area contributed by atoms with Gasteiger partial charge in [0.15, 0.2) is 0 Å². The van der Waals surface area contributed by atoms with Gasteiger partial charge < -0.3 is 5.73 Å². The average molecular weight is 190 g/mol. The summed E-state index contributed by atoms with van der Waals surface area (Å²) in [5.74, 6) is 5.34. The molecule has 6 rings (SSSR count). The topological polar surface area (TPSA) is 26.0 Å². The maximum atomic E-state index is 6.39. The molecule has 6 fully saturated rings. The lowest BCUT2D eigenvalue weighted by molar-refractivity contribution is -0.555.